The third-order valence-corrected chi connectivity index (χ3v) is 5.09. The van der Waals surface area contributed by atoms with E-state index in [2.05, 4.69) is 61.6 Å². The molecule has 1 aliphatic rings. The van der Waals surface area contributed by atoms with Crippen LogP contribution in [0.1, 0.15) is 26.2 Å². The van der Waals surface area contributed by atoms with Gasteiger partial charge in [0.2, 0.25) is 5.91 Å². The molecule has 2 N–H and O–H groups in total. The van der Waals surface area contributed by atoms with Gasteiger partial charge >= 0.3 is 0 Å². The quantitative estimate of drug-likeness (QED) is 0.401. The number of rotatable bonds is 7. The van der Waals surface area contributed by atoms with Crippen molar-refractivity contribution in [1.29, 1.82) is 0 Å². The maximum atomic E-state index is 11.8. The van der Waals surface area contributed by atoms with Crippen molar-refractivity contribution in [2.75, 3.05) is 45.2 Å². The minimum atomic E-state index is 0.00264. The summed E-state index contributed by atoms with van der Waals surface area (Å²) >= 11 is 3.63. The second-order valence-electron chi connectivity index (χ2n) is 6.76. The van der Waals surface area contributed by atoms with E-state index in [9.17, 15) is 4.79 Å². The van der Waals surface area contributed by atoms with Crippen LogP contribution in [0.2, 0.25) is 0 Å². The molecule has 26 heavy (non-hydrogen) atoms. The number of aliphatic imine (C=N–C) groups is 1. The standard InChI is InChI=1S/C19H30BrN5O/c1-4-5-11-21-19(22-13-18(26)24(2)3)23-15-10-12-25(14-15)17-9-7-6-8-16(17)20/h6-9,15H,4-5,10-14H2,1-3H3,(H2,21,22,23). The summed E-state index contributed by atoms with van der Waals surface area (Å²) in [6, 6.07) is 8.61. The van der Waals surface area contributed by atoms with E-state index in [1.54, 1.807) is 19.0 Å². The van der Waals surface area contributed by atoms with Gasteiger partial charge in [-0.2, -0.15) is 0 Å². The van der Waals surface area contributed by atoms with Crippen molar-refractivity contribution in [2.45, 2.75) is 32.2 Å². The third-order valence-electron chi connectivity index (χ3n) is 4.42. The first-order chi connectivity index (χ1) is 12.5. The number of guanidine groups is 1. The van der Waals surface area contributed by atoms with E-state index in [0.717, 1.165) is 49.3 Å². The van der Waals surface area contributed by atoms with E-state index in [4.69, 9.17) is 0 Å². The van der Waals surface area contributed by atoms with Crippen LogP contribution < -0.4 is 15.5 Å². The number of nitrogens with one attached hydrogen (secondary N) is 2. The summed E-state index contributed by atoms with van der Waals surface area (Å²) in [6.07, 6.45) is 3.24. The van der Waals surface area contributed by atoms with Gasteiger partial charge in [0.1, 0.15) is 6.54 Å². The van der Waals surface area contributed by atoms with E-state index >= 15 is 0 Å². The number of nitrogens with zero attached hydrogens (tertiary/aromatic N) is 3. The third kappa shape index (κ3) is 6.20. The van der Waals surface area contributed by atoms with Crippen LogP contribution in [0.5, 0.6) is 0 Å². The average Bonchev–Trinajstić information content (AvgIpc) is 3.08. The molecular formula is C19H30BrN5O. The minimum Gasteiger partial charge on any atom is -0.368 e. The molecule has 0 spiro atoms. The van der Waals surface area contributed by atoms with Gasteiger partial charge in [-0.05, 0) is 40.9 Å². The molecule has 1 fully saturated rings. The fourth-order valence-corrected chi connectivity index (χ4v) is 3.36. The van der Waals surface area contributed by atoms with Crippen LogP contribution in [0.15, 0.2) is 33.7 Å². The molecule has 1 unspecified atom stereocenters. The van der Waals surface area contributed by atoms with Crippen LogP contribution in [-0.4, -0.2) is 63.1 Å². The predicted octanol–water partition coefficient (Wildman–Crippen LogP) is 2.45. The predicted molar refractivity (Wildman–Crippen MR) is 112 cm³/mol. The zero-order valence-electron chi connectivity index (χ0n) is 16.0. The molecule has 0 aromatic heterocycles. The Morgan fingerprint density at radius 1 is 1.38 bits per heavy atom. The lowest BCUT2D eigenvalue weighted by molar-refractivity contribution is -0.127. The molecular weight excluding hydrogens is 394 g/mol. The molecule has 1 aromatic carbocycles. The number of halogens is 1. The lowest BCUT2D eigenvalue weighted by atomic mass is 10.2. The summed E-state index contributed by atoms with van der Waals surface area (Å²) in [4.78, 5) is 20.2. The number of unbranched alkanes of at least 4 members (excludes halogenated alkanes) is 1. The number of amides is 1. The Bertz CT molecular complexity index is 620. The largest absolute Gasteiger partial charge is 0.368 e. The fourth-order valence-electron chi connectivity index (χ4n) is 2.82. The molecule has 1 aromatic rings. The number of anilines is 1. The van der Waals surface area contributed by atoms with Crippen LogP contribution in [0.25, 0.3) is 0 Å². The molecule has 1 amide bonds. The van der Waals surface area contributed by atoms with E-state index in [0.29, 0.717) is 6.04 Å². The Hall–Kier alpha value is -1.76. The second-order valence-corrected chi connectivity index (χ2v) is 7.62. The highest BCUT2D eigenvalue weighted by atomic mass is 79.9. The van der Waals surface area contributed by atoms with Crippen LogP contribution in [-0.2, 0) is 4.79 Å². The number of hydrogen-bond acceptors (Lipinski definition) is 3. The average molecular weight is 424 g/mol. The molecule has 0 radical (unpaired) electrons. The Kier molecular flexibility index (Phi) is 8.22. The van der Waals surface area contributed by atoms with E-state index in [1.165, 1.54) is 5.69 Å². The van der Waals surface area contributed by atoms with Crippen LogP contribution in [0.4, 0.5) is 5.69 Å². The molecule has 1 saturated heterocycles. The molecule has 6 nitrogen and oxygen atoms in total. The number of carbonyl (C=O) groups is 1. The second kappa shape index (κ2) is 10.4. The van der Waals surface area contributed by atoms with Crippen molar-refractivity contribution >= 4 is 33.5 Å². The first kappa shape index (κ1) is 20.6. The first-order valence-electron chi connectivity index (χ1n) is 9.25. The fraction of sp³-hybridized carbons (Fsp3) is 0.579. The normalized spacial score (nSPS) is 17.3. The Labute approximate surface area is 165 Å². The van der Waals surface area contributed by atoms with Gasteiger partial charge in [0.15, 0.2) is 5.96 Å². The lowest BCUT2D eigenvalue weighted by Gasteiger charge is -2.21. The van der Waals surface area contributed by atoms with E-state index < -0.39 is 0 Å². The smallest absolute Gasteiger partial charge is 0.243 e. The molecule has 7 heteroatoms. The first-order valence-corrected chi connectivity index (χ1v) is 10.0. The van der Waals surface area contributed by atoms with Gasteiger partial charge in [-0.25, -0.2) is 4.99 Å². The van der Waals surface area contributed by atoms with Gasteiger partial charge in [0.25, 0.3) is 0 Å². The molecule has 0 bridgehead atoms. The summed E-state index contributed by atoms with van der Waals surface area (Å²) in [6.45, 7) is 5.10. The molecule has 2 rings (SSSR count). The van der Waals surface area contributed by atoms with Crippen molar-refractivity contribution in [3.05, 3.63) is 28.7 Å². The van der Waals surface area contributed by atoms with Gasteiger partial charge in [-0.15, -0.1) is 0 Å². The highest BCUT2D eigenvalue weighted by Crippen LogP contribution is 2.28. The number of para-hydroxylation sites is 1. The Morgan fingerprint density at radius 3 is 2.85 bits per heavy atom. The zero-order valence-corrected chi connectivity index (χ0v) is 17.6. The Morgan fingerprint density at radius 2 is 2.15 bits per heavy atom. The molecule has 1 atom stereocenters. The summed E-state index contributed by atoms with van der Waals surface area (Å²) in [7, 11) is 3.50. The SMILES string of the molecule is CCCCNC(=NCC(=O)N(C)C)NC1CCN(c2ccccc2Br)C1. The maximum Gasteiger partial charge on any atom is 0.243 e. The summed E-state index contributed by atoms with van der Waals surface area (Å²) in [5, 5.41) is 6.85. The van der Waals surface area contributed by atoms with Crippen molar-refractivity contribution in [2.24, 2.45) is 4.99 Å². The summed E-state index contributed by atoms with van der Waals surface area (Å²) in [5.41, 5.74) is 1.22. The number of benzene rings is 1. The van der Waals surface area contributed by atoms with Gasteiger partial charge in [-0.3, -0.25) is 4.79 Å². The minimum absolute atomic E-state index is 0.00264. The summed E-state index contributed by atoms with van der Waals surface area (Å²) in [5.74, 6) is 0.732. The molecule has 1 heterocycles. The van der Waals surface area contributed by atoms with Crippen molar-refractivity contribution in [3.8, 4) is 0 Å². The van der Waals surface area contributed by atoms with Crippen molar-refractivity contribution in [1.82, 2.24) is 15.5 Å². The van der Waals surface area contributed by atoms with Gasteiger partial charge < -0.3 is 20.4 Å². The van der Waals surface area contributed by atoms with Gasteiger partial charge in [0, 0.05) is 44.2 Å². The molecule has 0 aliphatic carbocycles. The zero-order chi connectivity index (χ0) is 18.9. The number of carbonyl (C=O) groups excluding carboxylic acids is 1. The molecule has 1 aliphatic heterocycles. The van der Waals surface area contributed by atoms with Gasteiger partial charge in [-0.1, -0.05) is 25.5 Å². The highest BCUT2D eigenvalue weighted by Gasteiger charge is 2.24. The summed E-state index contributed by atoms with van der Waals surface area (Å²) < 4.78 is 1.12. The monoisotopic (exact) mass is 423 g/mol. The van der Waals surface area contributed by atoms with E-state index in [-0.39, 0.29) is 12.5 Å². The van der Waals surface area contributed by atoms with Crippen molar-refractivity contribution in [3.63, 3.8) is 0 Å². The molecule has 144 valence electrons. The van der Waals surface area contributed by atoms with Crippen LogP contribution in [0.3, 0.4) is 0 Å². The topological polar surface area (TPSA) is 60.0 Å². The highest BCUT2D eigenvalue weighted by molar-refractivity contribution is 9.10. The number of likely N-dealkylation sites (N-methyl/N-ethyl adjacent to an activating group) is 1. The maximum absolute atomic E-state index is 11.8. The van der Waals surface area contributed by atoms with E-state index in [1.807, 2.05) is 6.07 Å². The molecule has 0 saturated carbocycles. The van der Waals surface area contributed by atoms with Crippen molar-refractivity contribution < 1.29 is 4.79 Å². The lowest BCUT2D eigenvalue weighted by Crippen LogP contribution is -2.45. The van der Waals surface area contributed by atoms with Gasteiger partial charge in [0.05, 0.1) is 5.69 Å². The number of hydrogen-bond donors (Lipinski definition) is 2. The van der Waals surface area contributed by atoms with Crippen LogP contribution in [0, 0.1) is 0 Å². The Balaban J connectivity index is 1.95. The van der Waals surface area contributed by atoms with Crippen LogP contribution >= 0.6 is 15.9 Å².